The lowest BCUT2D eigenvalue weighted by molar-refractivity contribution is -0.120. The average Bonchev–Trinajstić information content (AvgIpc) is 2.62. The Bertz CT molecular complexity index is 629. The zero-order valence-corrected chi connectivity index (χ0v) is 14.5. The van der Waals surface area contributed by atoms with Gasteiger partial charge in [0, 0.05) is 17.8 Å². The van der Waals surface area contributed by atoms with Crippen molar-refractivity contribution in [1.82, 2.24) is 10.6 Å². The van der Waals surface area contributed by atoms with Crippen molar-refractivity contribution in [2.75, 3.05) is 18.5 Å². The molecular weight excluding hydrogens is 322 g/mol. The SMILES string of the molecule is C[C@H](Nc1ccc2c(c1)OCCO2)C(=O)NC(=O)NC1CCCCC1. The Morgan fingerprint density at radius 2 is 1.80 bits per heavy atom. The van der Waals surface area contributed by atoms with Gasteiger partial charge >= 0.3 is 6.03 Å². The molecule has 1 aliphatic carbocycles. The fraction of sp³-hybridized carbons (Fsp3) is 0.556. The Kier molecular flexibility index (Phi) is 5.63. The highest BCUT2D eigenvalue weighted by molar-refractivity contribution is 5.98. The minimum Gasteiger partial charge on any atom is -0.486 e. The number of urea groups is 1. The Labute approximate surface area is 147 Å². The van der Waals surface area contributed by atoms with E-state index in [1.54, 1.807) is 19.1 Å². The summed E-state index contributed by atoms with van der Waals surface area (Å²) >= 11 is 0. The molecule has 136 valence electrons. The Morgan fingerprint density at radius 3 is 2.56 bits per heavy atom. The minimum absolute atomic E-state index is 0.169. The highest BCUT2D eigenvalue weighted by Crippen LogP contribution is 2.32. The van der Waals surface area contributed by atoms with Crippen LogP contribution < -0.4 is 25.4 Å². The third-order valence-electron chi connectivity index (χ3n) is 4.50. The molecule has 0 unspecified atom stereocenters. The van der Waals surface area contributed by atoms with Gasteiger partial charge in [-0.2, -0.15) is 0 Å². The van der Waals surface area contributed by atoms with E-state index in [-0.39, 0.29) is 11.9 Å². The first kappa shape index (κ1) is 17.4. The molecule has 1 aromatic rings. The van der Waals surface area contributed by atoms with Crippen molar-refractivity contribution in [3.05, 3.63) is 18.2 Å². The quantitative estimate of drug-likeness (QED) is 0.778. The summed E-state index contributed by atoms with van der Waals surface area (Å²) < 4.78 is 11.0. The number of benzene rings is 1. The second-order valence-electron chi connectivity index (χ2n) is 6.52. The monoisotopic (exact) mass is 347 g/mol. The first-order valence-electron chi connectivity index (χ1n) is 8.89. The number of carbonyl (C=O) groups is 2. The molecule has 7 nitrogen and oxygen atoms in total. The van der Waals surface area contributed by atoms with Gasteiger partial charge in [-0.25, -0.2) is 4.79 Å². The molecule has 0 spiro atoms. The van der Waals surface area contributed by atoms with Crippen LogP contribution in [-0.4, -0.2) is 37.2 Å². The Balaban J connectivity index is 1.49. The van der Waals surface area contributed by atoms with Crippen LogP contribution in [0.1, 0.15) is 39.0 Å². The maximum absolute atomic E-state index is 12.2. The maximum Gasteiger partial charge on any atom is 0.321 e. The van der Waals surface area contributed by atoms with Crippen LogP contribution in [-0.2, 0) is 4.79 Å². The second-order valence-corrected chi connectivity index (χ2v) is 6.52. The number of nitrogens with one attached hydrogen (secondary N) is 3. The predicted molar refractivity (Wildman–Crippen MR) is 94.1 cm³/mol. The van der Waals surface area contributed by atoms with E-state index in [0.29, 0.717) is 24.7 Å². The number of anilines is 1. The van der Waals surface area contributed by atoms with Crippen molar-refractivity contribution < 1.29 is 19.1 Å². The molecule has 2 aliphatic rings. The average molecular weight is 347 g/mol. The summed E-state index contributed by atoms with van der Waals surface area (Å²) in [5.41, 5.74) is 0.736. The molecule has 1 saturated carbocycles. The zero-order valence-electron chi connectivity index (χ0n) is 14.5. The number of amides is 3. The van der Waals surface area contributed by atoms with E-state index in [2.05, 4.69) is 16.0 Å². The van der Waals surface area contributed by atoms with Crippen LogP contribution in [0.5, 0.6) is 11.5 Å². The Hall–Kier alpha value is -2.44. The molecule has 3 N–H and O–H groups in total. The highest BCUT2D eigenvalue weighted by Gasteiger charge is 2.20. The van der Waals surface area contributed by atoms with Gasteiger partial charge < -0.3 is 20.1 Å². The van der Waals surface area contributed by atoms with E-state index in [9.17, 15) is 9.59 Å². The first-order valence-corrected chi connectivity index (χ1v) is 8.89. The van der Waals surface area contributed by atoms with Gasteiger partial charge in [-0.15, -0.1) is 0 Å². The number of ether oxygens (including phenoxy) is 2. The molecule has 1 heterocycles. The van der Waals surface area contributed by atoms with E-state index in [0.717, 1.165) is 31.4 Å². The normalized spacial score (nSPS) is 18.1. The van der Waals surface area contributed by atoms with Gasteiger partial charge in [-0.1, -0.05) is 19.3 Å². The topological polar surface area (TPSA) is 88.7 Å². The Morgan fingerprint density at radius 1 is 1.08 bits per heavy atom. The first-order chi connectivity index (χ1) is 12.1. The molecular formula is C18H25N3O4. The molecule has 0 bridgehead atoms. The van der Waals surface area contributed by atoms with Crippen LogP contribution in [0.15, 0.2) is 18.2 Å². The number of carbonyl (C=O) groups excluding carboxylic acids is 2. The van der Waals surface area contributed by atoms with Gasteiger partial charge in [0.1, 0.15) is 19.3 Å². The summed E-state index contributed by atoms with van der Waals surface area (Å²) in [7, 11) is 0. The fourth-order valence-electron chi connectivity index (χ4n) is 3.14. The number of hydrogen-bond acceptors (Lipinski definition) is 5. The molecule has 0 saturated heterocycles. The molecule has 1 fully saturated rings. The van der Waals surface area contributed by atoms with Gasteiger partial charge in [0.25, 0.3) is 0 Å². The molecule has 1 aliphatic heterocycles. The van der Waals surface area contributed by atoms with Crippen molar-refractivity contribution in [3.8, 4) is 11.5 Å². The summed E-state index contributed by atoms with van der Waals surface area (Å²) in [4.78, 5) is 24.2. The summed E-state index contributed by atoms with van der Waals surface area (Å²) in [6, 6.07) is 4.60. The predicted octanol–water partition coefficient (Wildman–Crippen LogP) is 2.42. The lowest BCUT2D eigenvalue weighted by atomic mass is 9.96. The molecule has 0 aromatic heterocycles. The number of fused-ring (bicyclic) bond motifs is 1. The molecule has 1 atom stereocenters. The standard InChI is InChI=1S/C18H25N3O4/c1-12(17(22)21-18(23)20-13-5-3-2-4-6-13)19-14-7-8-15-16(11-14)25-10-9-24-15/h7-8,11-13,19H,2-6,9-10H2,1H3,(H2,20,21,22,23)/t12-/m0/s1. The minimum atomic E-state index is -0.556. The van der Waals surface area contributed by atoms with Crippen LogP contribution in [0.3, 0.4) is 0 Å². The molecule has 3 rings (SSSR count). The lowest BCUT2D eigenvalue weighted by Crippen LogP contribution is -2.49. The van der Waals surface area contributed by atoms with Crippen LogP contribution in [0.25, 0.3) is 0 Å². The summed E-state index contributed by atoms with van der Waals surface area (Å²) in [6.45, 7) is 2.75. The highest BCUT2D eigenvalue weighted by atomic mass is 16.6. The van der Waals surface area contributed by atoms with Gasteiger partial charge in [0.15, 0.2) is 11.5 Å². The number of imide groups is 1. The van der Waals surface area contributed by atoms with Crippen molar-refractivity contribution in [2.45, 2.75) is 51.1 Å². The van der Waals surface area contributed by atoms with Crippen molar-refractivity contribution >= 4 is 17.6 Å². The van der Waals surface area contributed by atoms with E-state index in [1.165, 1.54) is 6.42 Å². The third-order valence-corrected chi connectivity index (χ3v) is 4.50. The van der Waals surface area contributed by atoms with E-state index < -0.39 is 12.1 Å². The van der Waals surface area contributed by atoms with Gasteiger partial charge in [-0.05, 0) is 31.9 Å². The zero-order chi connectivity index (χ0) is 17.6. The van der Waals surface area contributed by atoms with Crippen LogP contribution >= 0.6 is 0 Å². The smallest absolute Gasteiger partial charge is 0.321 e. The maximum atomic E-state index is 12.2. The largest absolute Gasteiger partial charge is 0.486 e. The molecule has 1 aromatic carbocycles. The van der Waals surface area contributed by atoms with Crippen LogP contribution in [0.4, 0.5) is 10.5 Å². The van der Waals surface area contributed by atoms with E-state index >= 15 is 0 Å². The van der Waals surface area contributed by atoms with Crippen LogP contribution in [0, 0.1) is 0 Å². The second kappa shape index (κ2) is 8.09. The summed E-state index contributed by atoms with van der Waals surface area (Å²) in [5.74, 6) is 0.975. The number of hydrogen-bond donors (Lipinski definition) is 3. The van der Waals surface area contributed by atoms with Crippen molar-refractivity contribution in [2.24, 2.45) is 0 Å². The summed E-state index contributed by atoms with van der Waals surface area (Å²) in [6.07, 6.45) is 5.43. The van der Waals surface area contributed by atoms with Crippen molar-refractivity contribution in [1.29, 1.82) is 0 Å². The summed E-state index contributed by atoms with van der Waals surface area (Å²) in [5, 5.41) is 8.35. The van der Waals surface area contributed by atoms with Gasteiger partial charge in [0.05, 0.1) is 0 Å². The lowest BCUT2D eigenvalue weighted by Gasteiger charge is -2.23. The van der Waals surface area contributed by atoms with Crippen molar-refractivity contribution in [3.63, 3.8) is 0 Å². The fourth-order valence-corrected chi connectivity index (χ4v) is 3.14. The van der Waals surface area contributed by atoms with E-state index in [1.807, 2.05) is 6.07 Å². The van der Waals surface area contributed by atoms with E-state index in [4.69, 9.17) is 9.47 Å². The molecule has 25 heavy (non-hydrogen) atoms. The molecule has 7 heteroatoms. The van der Waals surface area contributed by atoms with Gasteiger partial charge in [-0.3, -0.25) is 10.1 Å². The molecule has 0 radical (unpaired) electrons. The number of rotatable bonds is 4. The third kappa shape index (κ3) is 4.78. The van der Waals surface area contributed by atoms with Gasteiger partial charge in [0.2, 0.25) is 5.91 Å². The van der Waals surface area contributed by atoms with Crippen LogP contribution in [0.2, 0.25) is 0 Å². The molecule has 3 amide bonds.